The van der Waals surface area contributed by atoms with E-state index in [1.54, 1.807) is 0 Å². The molecule has 0 saturated carbocycles. The molecule has 2 aromatic heterocycles. The number of aromatic amines is 1. The normalized spacial score (nSPS) is 27.8. The molecule has 0 radical (unpaired) electrons. The monoisotopic (exact) mass is 328 g/mol. The van der Waals surface area contributed by atoms with Crippen LogP contribution in [0.2, 0.25) is 0 Å². The lowest BCUT2D eigenvalue weighted by Gasteiger charge is -2.21. The number of nitrogens with one attached hydrogen (secondary N) is 1. The van der Waals surface area contributed by atoms with Crippen LogP contribution in [0.3, 0.4) is 0 Å². The predicted molar refractivity (Wildman–Crippen MR) is 74.6 cm³/mol. The first kappa shape index (κ1) is 15.8. The van der Waals surface area contributed by atoms with Crippen molar-refractivity contribution in [2.45, 2.75) is 24.5 Å². The van der Waals surface area contributed by atoms with Crippen LogP contribution in [0.4, 0.5) is 5.95 Å². The Morgan fingerprint density at radius 1 is 1.52 bits per heavy atom. The molecule has 0 aliphatic carbocycles. The van der Waals surface area contributed by atoms with Crippen molar-refractivity contribution in [3.63, 3.8) is 0 Å². The third kappa shape index (κ3) is 2.67. The summed E-state index contributed by atoms with van der Waals surface area (Å²) in [7, 11) is 0. The fraction of sp³-hybridized carbons (Fsp3) is 0.545. The van der Waals surface area contributed by atoms with Gasteiger partial charge >= 0.3 is 0 Å². The molecule has 23 heavy (non-hydrogen) atoms. The van der Waals surface area contributed by atoms with Gasteiger partial charge in [-0.25, -0.2) is 10.9 Å². The number of nitrogens with zero attached hydrogens (tertiary/aromatic N) is 3. The molecule has 1 aliphatic heterocycles. The number of aliphatic hydroxyl groups is 2. The molecule has 3 heterocycles. The van der Waals surface area contributed by atoms with Crippen molar-refractivity contribution >= 4 is 17.1 Å². The van der Waals surface area contributed by atoms with Crippen molar-refractivity contribution in [2.75, 3.05) is 19.1 Å². The van der Waals surface area contributed by atoms with E-state index in [1.165, 1.54) is 10.9 Å². The lowest BCUT2D eigenvalue weighted by atomic mass is 10.1. The molecule has 1 fully saturated rings. The third-order valence-corrected chi connectivity index (χ3v) is 3.55. The van der Waals surface area contributed by atoms with Gasteiger partial charge in [0.1, 0.15) is 18.3 Å². The summed E-state index contributed by atoms with van der Waals surface area (Å²) in [6.07, 6.45) is -2.55. The lowest BCUT2D eigenvalue weighted by molar-refractivity contribution is -0.139. The molecule has 1 aliphatic rings. The fourth-order valence-corrected chi connectivity index (χ4v) is 2.52. The van der Waals surface area contributed by atoms with Crippen LogP contribution in [0.1, 0.15) is 6.23 Å². The molecule has 4 atom stereocenters. The summed E-state index contributed by atoms with van der Waals surface area (Å²) >= 11 is 0. The van der Waals surface area contributed by atoms with Gasteiger partial charge in [0.25, 0.3) is 5.56 Å². The molecule has 12 nitrogen and oxygen atoms in total. The predicted octanol–water partition coefficient (Wildman–Crippen LogP) is -2.81. The van der Waals surface area contributed by atoms with Crippen molar-refractivity contribution in [3.05, 3.63) is 16.7 Å². The summed E-state index contributed by atoms with van der Waals surface area (Å²) in [4.78, 5) is 26.5. The zero-order chi connectivity index (χ0) is 16.6. The largest absolute Gasteiger partial charge is 0.394 e. The first-order valence-electron chi connectivity index (χ1n) is 6.66. The first-order chi connectivity index (χ1) is 11.1. The maximum atomic E-state index is 11.8. The summed E-state index contributed by atoms with van der Waals surface area (Å²) in [5.74, 6) is 4.83. The lowest BCUT2D eigenvalue weighted by Crippen LogP contribution is -2.36. The molecule has 0 aromatic carbocycles. The van der Waals surface area contributed by atoms with Gasteiger partial charge in [0.2, 0.25) is 5.95 Å². The molecule has 12 heteroatoms. The number of aromatic nitrogens is 4. The Balaban J connectivity index is 2.03. The summed E-state index contributed by atoms with van der Waals surface area (Å²) in [5.41, 5.74) is 5.24. The van der Waals surface area contributed by atoms with Crippen molar-refractivity contribution in [3.8, 4) is 0 Å². The highest BCUT2D eigenvalue weighted by atomic mass is 16.7. The second kappa shape index (κ2) is 6.19. The van der Waals surface area contributed by atoms with Gasteiger partial charge in [-0.15, -0.1) is 0 Å². The van der Waals surface area contributed by atoms with E-state index in [0.29, 0.717) is 0 Å². The molecule has 0 spiro atoms. The number of nitrogen functional groups attached to an aromatic ring is 1. The number of aliphatic hydroxyl groups excluding tert-OH is 2. The van der Waals surface area contributed by atoms with E-state index < -0.39 is 36.7 Å². The van der Waals surface area contributed by atoms with Crippen molar-refractivity contribution in [1.82, 2.24) is 19.5 Å². The average molecular weight is 328 g/mol. The zero-order valence-electron chi connectivity index (χ0n) is 11.8. The quantitative estimate of drug-likeness (QED) is 0.283. The molecule has 126 valence electrons. The van der Waals surface area contributed by atoms with E-state index in [1.807, 2.05) is 0 Å². The van der Waals surface area contributed by atoms with E-state index in [0.717, 1.165) is 0 Å². The highest BCUT2D eigenvalue weighted by Crippen LogP contribution is 2.33. The number of ether oxygens (including phenoxy) is 2. The average Bonchev–Trinajstić information content (AvgIpc) is 3.06. The van der Waals surface area contributed by atoms with Crippen molar-refractivity contribution < 1.29 is 24.5 Å². The maximum absolute atomic E-state index is 11.8. The van der Waals surface area contributed by atoms with E-state index in [2.05, 4.69) is 19.8 Å². The Hall–Kier alpha value is -2.09. The molecule has 2 unspecified atom stereocenters. The molecule has 0 bridgehead atoms. The van der Waals surface area contributed by atoms with E-state index >= 15 is 0 Å². The molecule has 7 N–H and O–H groups in total. The van der Waals surface area contributed by atoms with Crippen LogP contribution in [-0.4, -0.2) is 61.4 Å². The van der Waals surface area contributed by atoms with Crippen LogP contribution in [0.25, 0.3) is 11.2 Å². The van der Waals surface area contributed by atoms with Crippen LogP contribution in [0.15, 0.2) is 11.1 Å². The Labute approximate surface area is 128 Å². The zero-order valence-corrected chi connectivity index (χ0v) is 11.8. The molecule has 0 amide bonds. The van der Waals surface area contributed by atoms with Crippen LogP contribution in [0.5, 0.6) is 0 Å². The SMILES string of the molecule is NOCOC1C(O)[C@@H](CO)O[C@H]1n1cnc2c(=O)[nH]c(N)nc21. The topological polar surface area (TPSA) is 184 Å². The molecular weight excluding hydrogens is 312 g/mol. The minimum Gasteiger partial charge on any atom is -0.394 e. The number of rotatable bonds is 5. The van der Waals surface area contributed by atoms with Gasteiger partial charge in [0.05, 0.1) is 12.9 Å². The number of hydrogen-bond donors (Lipinski definition) is 5. The first-order valence-corrected chi connectivity index (χ1v) is 6.66. The molecule has 2 aromatic rings. The Morgan fingerprint density at radius 2 is 2.30 bits per heavy atom. The van der Waals surface area contributed by atoms with Crippen molar-refractivity contribution in [1.29, 1.82) is 0 Å². The van der Waals surface area contributed by atoms with Crippen molar-refractivity contribution in [2.24, 2.45) is 5.90 Å². The maximum Gasteiger partial charge on any atom is 0.280 e. The van der Waals surface area contributed by atoms with Gasteiger partial charge in [0, 0.05) is 0 Å². The van der Waals surface area contributed by atoms with Gasteiger partial charge in [0.15, 0.2) is 24.2 Å². The van der Waals surface area contributed by atoms with Gasteiger partial charge < -0.3 is 25.4 Å². The summed E-state index contributed by atoms with van der Waals surface area (Å²) in [6, 6.07) is 0. The fourth-order valence-electron chi connectivity index (χ4n) is 2.52. The number of hydrogen-bond acceptors (Lipinski definition) is 10. The number of H-pyrrole nitrogens is 1. The Bertz CT molecular complexity index is 746. The van der Waals surface area contributed by atoms with E-state index in [-0.39, 0.29) is 23.9 Å². The van der Waals surface area contributed by atoms with Crippen LogP contribution < -0.4 is 17.2 Å². The van der Waals surface area contributed by atoms with Crippen LogP contribution >= 0.6 is 0 Å². The standard InChI is InChI=1S/C11H16N6O6/c12-11-15-8-5(9(20)16-11)14-2-17(8)10-7(21-3-22-13)6(19)4(1-18)23-10/h2,4,6-7,10,18-19H,1,3,13H2,(H3,12,15,16,20)/t4-,6?,7?,10-/m1/s1. The van der Waals surface area contributed by atoms with Crippen LogP contribution in [-0.2, 0) is 14.3 Å². The number of fused-ring (bicyclic) bond motifs is 1. The van der Waals surface area contributed by atoms with Gasteiger partial charge in [-0.3, -0.25) is 19.2 Å². The Kier molecular flexibility index (Phi) is 4.25. The third-order valence-electron chi connectivity index (χ3n) is 3.55. The molecule has 1 saturated heterocycles. The highest BCUT2D eigenvalue weighted by Gasteiger charge is 2.46. The van der Waals surface area contributed by atoms with Gasteiger partial charge in [-0.1, -0.05) is 0 Å². The van der Waals surface area contributed by atoms with E-state index in [4.69, 9.17) is 21.1 Å². The second-order valence-electron chi connectivity index (χ2n) is 4.93. The summed E-state index contributed by atoms with van der Waals surface area (Å²) in [6.45, 7) is -0.730. The van der Waals surface area contributed by atoms with Gasteiger partial charge in [-0.2, -0.15) is 4.98 Å². The minimum absolute atomic E-state index is 0.0542. The summed E-state index contributed by atoms with van der Waals surface area (Å²) < 4.78 is 12.3. The smallest absolute Gasteiger partial charge is 0.280 e. The molecular formula is C11H16N6O6. The number of anilines is 1. The number of nitrogens with two attached hydrogens (primary N) is 2. The highest BCUT2D eigenvalue weighted by molar-refractivity contribution is 5.70. The molecule has 3 rings (SSSR count). The van der Waals surface area contributed by atoms with Crippen LogP contribution in [0, 0.1) is 0 Å². The second-order valence-corrected chi connectivity index (χ2v) is 4.93. The number of imidazole rings is 1. The van der Waals surface area contributed by atoms with Gasteiger partial charge in [-0.05, 0) is 0 Å². The Morgan fingerprint density at radius 3 is 3.00 bits per heavy atom. The minimum atomic E-state index is -1.14. The summed E-state index contributed by atoms with van der Waals surface area (Å²) in [5, 5.41) is 19.5. The van der Waals surface area contributed by atoms with E-state index in [9.17, 15) is 15.0 Å².